The van der Waals surface area contributed by atoms with Crippen molar-refractivity contribution in [1.29, 1.82) is 0 Å². The Kier molecular flexibility index (Phi) is 12.7. The average Bonchev–Trinajstić information content (AvgIpc) is 2.68. The lowest BCUT2D eigenvalue weighted by Gasteiger charge is -2.48. The highest BCUT2D eigenvalue weighted by atomic mass is 32.3. The second kappa shape index (κ2) is 14.2. The second-order valence-electron chi connectivity index (χ2n) is 8.09. The molecule has 1 rings (SSSR count). The molecule has 0 aliphatic carbocycles. The number of rotatable bonds is 11. The third-order valence-electron chi connectivity index (χ3n) is 4.83. The maximum Gasteiger partial charge on any atom is 0.313 e. The van der Waals surface area contributed by atoms with Crippen LogP contribution in [0.15, 0.2) is 0 Å². The average molecular weight is 558 g/mol. The standard InChI is InChI=1S/C21H35NO10S3/c1-11(23)22-16(10-35(7,9-8-33)32-15(5)27)17-18(28-12(2)24)19(29-13(3)25)20(30-14(4)26)21(31-17)34-6/h16-21,33H,8-10H2,1-7H3,(H,22,23)/t16-,17+,18-,19-,20+,21+/m0/s1. The molecule has 1 N–H and O–H groups in total. The summed E-state index contributed by atoms with van der Waals surface area (Å²) in [4.78, 5) is 59.8. The molecule has 0 spiro atoms. The Hall–Kier alpha value is -1.64. The van der Waals surface area contributed by atoms with Crippen molar-refractivity contribution < 1.29 is 47.1 Å². The van der Waals surface area contributed by atoms with Crippen molar-refractivity contribution >= 4 is 64.5 Å². The van der Waals surface area contributed by atoms with E-state index in [0.29, 0.717) is 11.5 Å². The van der Waals surface area contributed by atoms with Gasteiger partial charge in [-0.15, -0.1) is 11.8 Å². The number of amides is 1. The Morgan fingerprint density at radius 1 is 0.914 bits per heavy atom. The summed E-state index contributed by atoms with van der Waals surface area (Å²) in [5.74, 6) is -1.91. The van der Waals surface area contributed by atoms with Crippen molar-refractivity contribution in [3.05, 3.63) is 0 Å². The lowest BCUT2D eigenvalue weighted by atomic mass is 9.94. The molecule has 35 heavy (non-hydrogen) atoms. The molecule has 1 unspecified atom stereocenters. The van der Waals surface area contributed by atoms with E-state index >= 15 is 0 Å². The second-order valence-corrected chi connectivity index (χ2v) is 12.7. The molecular weight excluding hydrogens is 522 g/mol. The van der Waals surface area contributed by atoms with Crippen molar-refractivity contribution in [2.75, 3.05) is 29.8 Å². The van der Waals surface area contributed by atoms with Gasteiger partial charge < -0.3 is 28.4 Å². The Bertz CT molecular complexity index is 797. The normalized spacial score (nSPS) is 27.4. The summed E-state index contributed by atoms with van der Waals surface area (Å²) in [6, 6.07) is -0.818. The zero-order valence-electron chi connectivity index (χ0n) is 20.9. The smallest absolute Gasteiger partial charge is 0.313 e. The lowest BCUT2D eigenvalue weighted by Crippen LogP contribution is -2.66. The minimum atomic E-state index is -2.09. The summed E-state index contributed by atoms with van der Waals surface area (Å²) in [6.45, 7) is 6.14. The summed E-state index contributed by atoms with van der Waals surface area (Å²) < 4.78 is 28.3. The quantitative estimate of drug-likeness (QED) is 0.215. The molecule has 202 valence electrons. The van der Waals surface area contributed by atoms with E-state index in [1.54, 1.807) is 12.5 Å². The van der Waals surface area contributed by atoms with E-state index in [4.69, 9.17) is 23.1 Å². The van der Waals surface area contributed by atoms with Crippen molar-refractivity contribution in [3.63, 3.8) is 0 Å². The van der Waals surface area contributed by atoms with Crippen LogP contribution in [-0.2, 0) is 47.1 Å². The number of ether oxygens (including phenoxy) is 4. The van der Waals surface area contributed by atoms with Crippen LogP contribution in [0.5, 0.6) is 0 Å². The minimum Gasteiger partial charge on any atom is -0.456 e. The van der Waals surface area contributed by atoms with Crippen LogP contribution in [0.3, 0.4) is 0 Å². The fraction of sp³-hybridized carbons (Fsp3) is 0.762. The van der Waals surface area contributed by atoms with Gasteiger partial charge in [0.2, 0.25) is 5.91 Å². The first-order valence-electron chi connectivity index (χ1n) is 10.7. The van der Waals surface area contributed by atoms with Crippen LogP contribution in [0.4, 0.5) is 0 Å². The largest absolute Gasteiger partial charge is 0.456 e. The zero-order chi connectivity index (χ0) is 26.9. The molecule has 11 nitrogen and oxygen atoms in total. The van der Waals surface area contributed by atoms with Gasteiger partial charge in [-0.25, -0.2) is 0 Å². The van der Waals surface area contributed by atoms with Crippen LogP contribution >= 0.6 is 34.7 Å². The van der Waals surface area contributed by atoms with Crippen LogP contribution in [0, 0.1) is 0 Å². The molecule has 14 heteroatoms. The maximum atomic E-state index is 12.2. The predicted octanol–water partition coefficient (Wildman–Crippen LogP) is 1.22. The first-order chi connectivity index (χ1) is 16.2. The fourth-order valence-electron chi connectivity index (χ4n) is 3.81. The molecule has 1 aliphatic heterocycles. The zero-order valence-corrected chi connectivity index (χ0v) is 23.5. The van der Waals surface area contributed by atoms with Crippen molar-refractivity contribution in [2.24, 2.45) is 0 Å². The number of thioether (sulfide) groups is 1. The van der Waals surface area contributed by atoms with Crippen molar-refractivity contribution in [3.8, 4) is 0 Å². The molecule has 0 radical (unpaired) electrons. The number of carbonyl (C=O) groups excluding carboxylic acids is 5. The van der Waals surface area contributed by atoms with Gasteiger partial charge in [-0.05, 0) is 12.5 Å². The highest BCUT2D eigenvalue weighted by molar-refractivity contribution is 8.29. The van der Waals surface area contributed by atoms with E-state index in [9.17, 15) is 24.0 Å². The molecular formula is C21H35NO10S3. The van der Waals surface area contributed by atoms with Crippen LogP contribution in [-0.4, -0.2) is 95.4 Å². The number of esters is 3. The van der Waals surface area contributed by atoms with Crippen LogP contribution < -0.4 is 5.32 Å². The first kappa shape index (κ1) is 31.4. The Morgan fingerprint density at radius 2 is 1.43 bits per heavy atom. The van der Waals surface area contributed by atoms with E-state index in [1.807, 2.05) is 0 Å². The summed E-state index contributed by atoms with van der Waals surface area (Å²) >= 11 is 5.47. The van der Waals surface area contributed by atoms with Crippen LogP contribution in [0.25, 0.3) is 0 Å². The molecule has 1 saturated heterocycles. The van der Waals surface area contributed by atoms with Gasteiger partial charge in [0.25, 0.3) is 0 Å². The van der Waals surface area contributed by atoms with Gasteiger partial charge in [-0.3, -0.25) is 24.0 Å². The monoisotopic (exact) mass is 557 g/mol. The molecule has 1 fully saturated rings. The van der Waals surface area contributed by atoms with E-state index < -0.39 is 76.0 Å². The van der Waals surface area contributed by atoms with Crippen LogP contribution in [0.2, 0.25) is 0 Å². The third-order valence-corrected chi connectivity index (χ3v) is 8.97. The molecule has 0 aromatic heterocycles. The first-order valence-corrected chi connectivity index (χ1v) is 15.0. The molecule has 7 atom stereocenters. The van der Waals surface area contributed by atoms with Gasteiger partial charge in [0, 0.05) is 51.9 Å². The summed E-state index contributed by atoms with van der Waals surface area (Å²) in [5.41, 5.74) is -0.823. The van der Waals surface area contributed by atoms with Gasteiger partial charge in [-0.2, -0.15) is 12.6 Å². The van der Waals surface area contributed by atoms with Crippen molar-refractivity contribution in [2.45, 2.75) is 70.5 Å². The maximum absolute atomic E-state index is 12.2. The summed E-state index contributed by atoms with van der Waals surface area (Å²) in [7, 11) is -2.09. The molecule has 1 heterocycles. The number of hydrogen-bond donors (Lipinski definition) is 2. The van der Waals surface area contributed by atoms with Gasteiger partial charge >= 0.3 is 23.9 Å². The summed E-state index contributed by atoms with van der Waals surface area (Å²) in [5, 5.41) is 2.81. The van der Waals surface area contributed by atoms with E-state index in [1.165, 1.54) is 46.4 Å². The molecule has 0 saturated carbocycles. The van der Waals surface area contributed by atoms with Gasteiger partial charge in [0.05, 0.1) is 6.04 Å². The Morgan fingerprint density at radius 3 is 1.86 bits per heavy atom. The van der Waals surface area contributed by atoms with Crippen molar-refractivity contribution in [1.82, 2.24) is 5.32 Å². The molecule has 1 aliphatic rings. The highest BCUT2D eigenvalue weighted by Crippen LogP contribution is 2.47. The van der Waals surface area contributed by atoms with E-state index in [2.05, 4.69) is 17.9 Å². The lowest BCUT2D eigenvalue weighted by molar-refractivity contribution is -0.234. The molecule has 0 aromatic rings. The minimum absolute atomic E-state index is 0.154. The number of thiol groups is 1. The predicted molar refractivity (Wildman–Crippen MR) is 135 cm³/mol. The van der Waals surface area contributed by atoms with Gasteiger partial charge in [0.15, 0.2) is 18.3 Å². The highest BCUT2D eigenvalue weighted by Gasteiger charge is 2.54. The Labute approximate surface area is 217 Å². The van der Waals surface area contributed by atoms with Crippen LogP contribution in [0.1, 0.15) is 34.6 Å². The van der Waals surface area contributed by atoms with Gasteiger partial charge in [-0.1, -0.05) is 10.3 Å². The Balaban J connectivity index is 3.59. The van der Waals surface area contributed by atoms with E-state index in [0.717, 1.165) is 0 Å². The molecule has 0 bridgehead atoms. The number of hydrogen-bond acceptors (Lipinski definition) is 12. The molecule has 1 amide bonds. The SMILES string of the molecule is CS[C@H]1O[C@H]([C@H](CS(C)(CCS)OC(C)=O)NC(C)=O)[C@H](OC(C)=O)[C@H](OC(C)=O)[C@H]1OC(C)=O. The van der Waals surface area contributed by atoms with E-state index in [-0.39, 0.29) is 5.75 Å². The topological polar surface area (TPSA) is 144 Å². The number of carbonyl (C=O) groups is 5. The molecule has 0 aromatic carbocycles. The fourth-order valence-corrected chi connectivity index (χ4v) is 7.99. The van der Waals surface area contributed by atoms with Gasteiger partial charge in [0.1, 0.15) is 11.5 Å². The third kappa shape index (κ3) is 10.1. The number of nitrogens with one attached hydrogen (secondary N) is 1. The summed E-state index contributed by atoms with van der Waals surface area (Å²) in [6.07, 6.45) is -1.09.